The van der Waals surface area contributed by atoms with Gasteiger partial charge in [0.1, 0.15) is 28.7 Å². The van der Waals surface area contributed by atoms with Crippen LogP contribution in [-0.4, -0.2) is 39.5 Å². The van der Waals surface area contributed by atoms with E-state index in [0.29, 0.717) is 5.69 Å². The number of hydrogen-bond donors (Lipinski definition) is 3. The fourth-order valence-corrected chi connectivity index (χ4v) is 5.74. The number of halogens is 1. The van der Waals surface area contributed by atoms with Crippen molar-refractivity contribution in [2.45, 2.75) is 63.2 Å². The predicted molar refractivity (Wildman–Crippen MR) is 180 cm³/mol. The fraction of sp³-hybridized carbons (Fsp3) is 0.343. The van der Waals surface area contributed by atoms with Gasteiger partial charge in [-0.05, 0) is 67.1 Å². The largest absolute Gasteiger partial charge is 0.477 e. The van der Waals surface area contributed by atoms with E-state index >= 15 is 0 Å². The maximum atomic E-state index is 12.7. The average Bonchev–Trinajstić information content (AvgIpc) is 3.06. The summed E-state index contributed by atoms with van der Waals surface area (Å²) in [7, 11) is 0. The van der Waals surface area contributed by atoms with Crippen molar-refractivity contribution >= 4 is 29.2 Å². The van der Waals surface area contributed by atoms with Crippen molar-refractivity contribution in [3.63, 3.8) is 0 Å². The summed E-state index contributed by atoms with van der Waals surface area (Å²) in [6.07, 6.45) is 14.1. The number of ether oxygens (including phenoxy) is 1. The van der Waals surface area contributed by atoms with Crippen LogP contribution < -0.4 is 20.9 Å². The van der Waals surface area contributed by atoms with Crippen molar-refractivity contribution in [3.05, 3.63) is 101 Å². The molecule has 0 atom stereocenters. The van der Waals surface area contributed by atoms with Crippen LogP contribution in [0, 0.1) is 5.82 Å². The number of pyridine rings is 2. The van der Waals surface area contributed by atoms with Gasteiger partial charge in [-0.25, -0.2) is 14.2 Å². The number of nitrogens with zero attached hydrogens (tertiary/aromatic N) is 2. The first-order valence-electron chi connectivity index (χ1n) is 15.5. The molecule has 2 aromatic heterocycles. The lowest BCUT2D eigenvalue weighted by Gasteiger charge is -2.19. The number of aromatic carboxylic acids is 1. The van der Waals surface area contributed by atoms with Gasteiger partial charge in [-0.3, -0.25) is 9.36 Å². The van der Waals surface area contributed by atoms with Crippen LogP contribution in [0.3, 0.4) is 0 Å². The molecule has 1 aliphatic rings. The number of carboxylic acids is 1. The van der Waals surface area contributed by atoms with E-state index in [1.54, 1.807) is 18.0 Å². The van der Waals surface area contributed by atoms with Gasteiger partial charge in [-0.2, -0.15) is 0 Å². The smallest absolute Gasteiger partial charge is 0.341 e. The van der Waals surface area contributed by atoms with Crippen LogP contribution >= 0.6 is 11.8 Å². The second-order valence-corrected chi connectivity index (χ2v) is 11.8. The highest BCUT2D eigenvalue weighted by Gasteiger charge is 2.16. The zero-order chi connectivity index (χ0) is 31.9. The van der Waals surface area contributed by atoms with E-state index in [-0.39, 0.29) is 5.56 Å². The third-order valence-electron chi connectivity index (χ3n) is 7.23. The molecule has 238 valence electrons. The van der Waals surface area contributed by atoms with Crippen molar-refractivity contribution in [1.29, 1.82) is 0 Å². The lowest BCUT2D eigenvalue weighted by atomic mass is 10.1. The molecule has 0 bridgehead atoms. The van der Waals surface area contributed by atoms with E-state index < -0.39 is 17.3 Å². The van der Waals surface area contributed by atoms with Gasteiger partial charge in [0, 0.05) is 48.7 Å². The van der Waals surface area contributed by atoms with Crippen molar-refractivity contribution in [2.24, 2.45) is 0 Å². The molecule has 0 saturated heterocycles. The average molecular weight is 633 g/mol. The summed E-state index contributed by atoms with van der Waals surface area (Å²) < 4.78 is 20.0. The number of nitrogens with one attached hydrogen (secondary N) is 2. The lowest BCUT2D eigenvalue weighted by Crippen LogP contribution is -2.24. The Balaban J connectivity index is 0.000000231. The predicted octanol–water partition coefficient (Wildman–Crippen LogP) is 8.62. The Kier molecular flexibility index (Phi) is 13.3. The Bertz CT molecular complexity index is 1560. The molecule has 0 spiro atoms. The molecule has 2 aromatic carbocycles. The van der Waals surface area contributed by atoms with Crippen LogP contribution in [0.15, 0.2) is 88.8 Å². The topological polar surface area (TPSA) is 105 Å². The van der Waals surface area contributed by atoms with E-state index in [1.807, 2.05) is 18.2 Å². The van der Waals surface area contributed by atoms with Gasteiger partial charge in [0.25, 0.3) is 5.56 Å². The minimum absolute atomic E-state index is 0.322. The molecule has 5 rings (SSSR count). The monoisotopic (exact) mass is 632 g/mol. The first-order chi connectivity index (χ1) is 22.0. The molecule has 0 fully saturated rings. The Labute approximate surface area is 268 Å². The van der Waals surface area contributed by atoms with Gasteiger partial charge >= 0.3 is 5.97 Å². The van der Waals surface area contributed by atoms with Gasteiger partial charge in [0.2, 0.25) is 0 Å². The third kappa shape index (κ3) is 10.4. The number of hydrogen-bond acceptors (Lipinski definition) is 7. The van der Waals surface area contributed by atoms with Crippen LogP contribution in [0.4, 0.5) is 15.9 Å². The van der Waals surface area contributed by atoms with E-state index in [9.17, 15) is 14.0 Å². The van der Waals surface area contributed by atoms with Crippen molar-refractivity contribution in [3.8, 4) is 17.2 Å². The maximum absolute atomic E-state index is 12.7. The van der Waals surface area contributed by atoms with Crippen LogP contribution in [0.25, 0.3) is 5.69 Å². The first-order valence-corrected chi connectivity index (χ1v) is 16.5. The number of rotatable bonds is 14. The minimum atomic E-state index is -1.29. The molecular weight excluding hydrogens is 591 g/mol. The Hall–Kier alpha value is -4.31. The molecule has 0 radical (unpaired) electrons. The summed E-state index contributed by atoms with van der Waals surface area (Å²) >= 11 is 1.80. The van der Waals surface area contributed by atoms with Crippen molar-refractivity contribution < 1.29 is 19.0 Å². The second-order valence-electron chi connectivity index (χ2n) is 10.7. The normalized spacial score (nSPS) is 11.9. The molecule has 0 saturated carbocycles. The quantitative estimate of drug-likeness (QED) is 0.119. The number of benzene rings is 2. The molecule has 10 heteroatoms. The zero-order valence-electron chi connectivity index (χ0n) is 25.6. The molecule has 0 unspecified atom stereocenters. The van der Waals surface area contributed by atoms with E-state index in [0.717, 1.165) is 51.3 Å². The summed E-state index contributed by atoms with van der Waals surface area (Å²) in [6.45, 7) is 4.26. The highest BCUT2D eigenvalue weighted by molar-refractivity contribution is 7.99. The number of unbranched alkanes of at least 4 members (excludes halogenated alkanes) is 7. The van der Waals surface area contributed by atoms with E-state index in [1.165, 1.54) is 94.0 Å². The van der Waals surface area contributed by atoms with Crippen LogP contribution in [0.2, 0.25) is 0 Å². The Morgan fingerprint density at radius 2 is 1.71 bits per heavy atom. The Morgan fingerprint density at radius 3 is 2.42 bits per heavy atom. The molecule has 4 aromatic rings. The van der Waals surface area contributed by atoms with Gasteiger partial charge in [0.05, 0.1) is 4.90 Å². The number of aromatic nitrogens is 2. The summed E-state index contributed by atoms with van der Waals surface area (Å²) in [5.74, 6) is 2.00. The Morgan fingerprint density at radius 1 is 1.00 bits per heavy atom. The standard InChI is InChI=1S/C23H33N3OS.C12H8FNO3/c1-2-3-4-5-6-7-8-9-15-24-19-10-12-20(13-11-19)27-21-14-16-25-23-22(21)28-18-17-26-23;13-8-3-5-9(6-4-8)14-7-1-2-10(11(14)15)12(16)17/h10-14,16,24H,2-9,15,17-18H2,1H3,(H,25,26);1-7H,(H,16,17). The molecule has 0 aliphatic carbocycles. The summed E-state index contributed by atoms with van der Waals surface area (Å²) in [5, 5.41) is 15.7. The van der Waals surface area contributed by atoms with Gasteiger partial charge in [-0.15, -0.1) is 11.8 Å². The number of carbonyl (C=O) groups is 1. The molecule has 1 aliphatic heterocycles. The van der Waals surface area contributed by atoms with Crippen LogP contribution in [-0.2, 0) is 0 Å². The van der Waals surface area contributed by atoms with Crippen molar-refractivity contribution in [1.82, 2.24) is 9.55 Å². The van der Waals surface area contributed by atoms with Gasteiger partial charge in [-0.1, -0.05) is 51.9 Å². The number of fused-ring (bicyclic) bond motifs is 1. The van der Waals surface area contributed by atoms with E-state index in [2.05, 4.69) is 34.7 Å². The number of thioether (sulfide) groups is 1. The highest BCUT2D eigenvalue weighted by atomic mass is 32.2. The number of carboxylic acid groups (broad SMARTS) is 1. The highest BCUT2D eigenvalue weighted by Crippen LogP contribution is 2.39. The van der Waals surface area contributed by atoms with E-state index in [4.69, 9.17) is 9.84 Å². The summed E-state index contributed by atoms with van der Waals surface area (Å²) in [5.41, 5.74) is 0.603. The van der Waals surface area contributed by atoms with Gasteiger partial charge in [0.15, 0.2) is 0 Å². The third-order valence-corrected chi connectivity index (χ3v) is 8.32. The van der Waals surface area contributed by atoms with Crippen LogP contribution in [0.1, 0.15) is 68.6 Å². The molecular formula is C35H41FN4O4S. The fourth-order valence-electron chi connectivity index (χ4n) is 4.82. The first kappa shape index (κ1) is 33.6. The molecule has 3 heterocycles. The molecule has 0 amide bonds. The minimum Gasteiger partial charge on any atom is -0.477 e. The van der Waals surface area contributed by atoms with Crippen LogP contribution in [0.5, 0.6) is 11.5 Å². The summed E-state index contributed by atoms with van der Waals surface area (Å²) in [4.78, 5) is 28.1. The zero-order valence-corrected chi connectivity index (χ0v) is 26.5. The second kappa shape index (κ2) is 17.9. The molecule has 45 heavy (non-hydrogen) atoms. The molecule has 8 nitrogen and oxygen atoms in total. The van der Waals surface area contributed by atoms with Gasteiger partial charge < -0.3 is 20.5 Å². The molecule has 3 N–H and O–H groups in total. The maximum Gasteiger partial charge on any atom is 0.341 e. The lowest BCUT2D eigenvalue weighted by molar-refractivity contribution is 0.0694. The summed E-state index contributed by atoms with van der Waals surface area (Å²) in [6, 6.07) is 18.1. The van der Waals surface area contributed by atoms with Crippen molar-refractivity contribution in [2.75, 3.05) is 29.5 Å². The SMILES string of the molecule is CCCCCCCCCCNc1ccc(Oc2ccnc3c2SCCN3)cc1.O=C(O)c1cccn(-c2ccc(F)cc2)c1=O. The number of anilines is 2.